The highest BCUT2D eigenvalue weighted by Gasteiger charge is 2.71. The predicted octanol–water partition coefficient (Wildman–Crippen LogP) is 16.1. The van der Waals surface area contributed by atoms with Gasteiger partial charge in [0, 0.05) is 33.0 Å². The quantitative estimate of drug-likeness (QED) is 0.0458. The van der Waals surface area contributed by atoms with Gasteiger partial charge in [0.15, 0.2) is 16.8 Å². The number of carbonyl (C=O) groups is 3. The lowest BCUT2D eigenvalue weighted by molar-refractivity contribution is -0.323. The van der Waals surface area contributed by atoms with Crippen molar-refractivity contribution in [1.82, 2.24) is 0 Å². The van der Waals surface area contributed by atoms with Crippen molar-refractivity contribution in [3.8, 4) is 0 Å². The van der Waals surface area contributed by atoms with Crippen LogP contribution in [0.2, 0.25) is 0 Å². The summed E-state index contributed by atoms with van der Waals surface area (Å²) in [6.45, 7) is 29.8. The Morgan fingerprint density at radius 1 is 0.462 bits per heavy atom. The second-order valence-electron chi connectivity index (χ2n) is 32.4. The first kappa shape index (κ1) is 73.6. The fourth-order valence-electron chi connectivity index (χ4n) is 20.8. The zero-order valence-corrected chi connectivity index (χ0v) is 56.2. The summed E-state index contributed by atoms with van der Waals surface area (Å²) in [5, 5.41) is 30.6. The Morgan fingerprint density at radius 2 is 0.758 bits per heavy atom. The third-order valence-electron chi connectivity index (χ3n) is 25.1. The smallest absolute Gasteiger partial charge is 0.419 e. The number of esters is 3. The maximum Gasteiger partial charge on any atom is 0.419 e. The molecule has 0 amide bonds. The third kappa shape index (κ3) is 13.4. The first-order chi connectivity index (χ1) is 41.4. The number of carbonyl (C=O) groups excluding carboxylic acids is 3. The van der Waals surface area contributed by atoms with Gasteiger partial charge in [-0.3, -0.25) is 0 Å². The van der Waals surface area contributed by atoms with E-state index in [0.717, 1.165) is 130 Å². The molecule has 13 fully saturated rings. The Hall–Kier alpha value is -3.24. The van der Waals surface area contributed by atoms with E-state index in [1.54, 1.807) is 20.8 Å². The number of hydrogen-bond acceptors (Lipinski definition) is 12. The van der Waals surface area contributed by atoms with E-state index in [9.17, 15) is 69.2 Å². The molecular weight excluding hydrogens is 1200 g/mol. The van der Waals surface area contributed by atoms with E-state index in [2.05, 4.69) is 19.7 Å². The second-order valence-corrected chi connectivity index (χ2v) is 32.4. The molecule has 91 heavy (non-hydrogen) atoms. The van der Waals surface area contributed by atoms with Crippen molar-refractivity contribution in [1.29, 1.82) is 0 Å². The average molecular weight is 1310 g/mol. The van der Waals surface area contributed by atoms with Crippen LogP contribution in [0.3, 0.4) is 0 Å². The standard InChI is InChI=1S/C24H35F3O4.C24H37F3O4.C22H33F3O4/c1-15(2)19(28)31-22-12-17-9-18(13-22)11-21(10-17,14-22)23(7-5-6-8-23)30-16(3)20(4,29)24(25,26)27;1-7-23(8-2,30-16(5)20(6,29)24(25,26)27)21-10-17-9-18(11-21)13-22(12-17,14-21)31-19(28)15(3)4;1-13(2)17(26)29-21-10-15-7-16(11-21)9-20(8-15,12-21)18(4,5)28-14(3)19(6,27)22(23,24)25/h16-18,29H,1,5-14H2,2-4H3;16-18,29H,3,7-14H2,1-2,4-6H3;14-16,27H,1,7-12H2,2-6H3. The second kappa shape index (κ2) is 24.4. The van der Waals surface area contributed by atoms with Gasteiger partial charge in [0.2, 0.25) is 0 Å². The van der Waals surface area contributed by atoms with Gasteiger partial charge in [-0.25, -0.2) is 14.4 Å². The summed E-state index contributed by atoms with van der Waals surface area (Å²) in [6, 6.07) is 0. The molecule has 12 unspecified atom stereocenters. The SMILES string of the molecule is C=C(C)C(=O)OC12CC3CC(C1)CC(C(C)(C)OC(C)C(C)(O)C(F)(F)F)(C3)C2.C=C(C)C(=O)OC12CC3CC(C1)CC(C(CC)(CC)OC(C)C(C)(O)C(F)(F)F)(C3)C2.C=C(C)C(=O)OC12CC3CC(C1)CC(C1(OC(C)C(C)(O)C(F)(F)F)CCCC1)(C3)C2. The zero-order chi connectivity index (χ0) is 68.4. The molecule has 520 valence electrons. The van der Waals surface area contributed by atoms with Crippen LogP contribution in [0.5, 0.6) is 0 Å². The lowest BCUT2D eigenvalue weighted by atomic mass is 9.43. The summed E-state index contributed by atoms with van der Waals surface area (Å²) in [5.41, 5.74) is -13.1. The minimum absolute atomic E-state index is 0.321. The third-order valence-corrected chi connectivity index (χ3v) is 25.1. The number of rotatable bonds is 20. The number of ether oxygens (including phenoxy) is 6. The van der Waals surface area contributed by atoms with Crippen LogP contribution in [0, 0.1) is 51.8 Å². The van der Waals surface area contributed by atoms with Gasteiger partial charge in [-0.2, -0.15) is 39.5 Å². The van der Waals surface area contributed by atoms with Gasteiger partial charge in [-0.1, -0.05) is 46.4 Å². The fraction of sp³-hybridized carbons (Fsp3) is 0.871. The molecule has 13 aliphatic carbocycles. The van der Waals surface area contributed by atoms with Crippen LogP contribution in [-0.4, -0.2) is 120 Å². The highest BCUT2D eigenvalue weighted by atomic mass is 19.4. The maximum absolute atomic E-state index is 13.5. The Morgan fingerprint density at radius 3 is 1.09 bits per heavy atom. The highest BCUT2D eigenvalue weighted by Crippen LogP contribution is 2.72. The van der Waals surface area contributed by atoms with E-state index in [-0.39, 0.29) is 16.8 Å². The molecule has 0 spiro atoms. The minimum Gasteiger partial charge on any atom is -0.456 e. The molecule has 13 aliphatic rings. The van der Waals surface area contributed by atoms with Gasteiger partial charge in [0.25, 0.3) is 0 Å². The van der Waals surface area contributed by atoms with Crippen LogP contribution in [0.4, 0.5) is 39.5 Å². The first-order valence-corrected chi connectivity index (χ1v) is 33.5. The van der Waals surface area contributed by atoms with Crippen LogP contribution in [-0.2, 0) is 42.8 Å². The molecule has 13 rings (SSSR count). The minimum atomic E-state index is -4.79. The van der Waals surface area contributed by atoms with Crippen LogP contribution in [0.25, 0.3) is 0 Å². The molecule has 0 heterocycles. The molecule has 0 radical (unpaired) electrons. The van der Waals surface area contributed by atoms with Gasteiger partial charge in [0.1, 0.15) is 16.8 Å². The fourth-order valence-corrected chi connectivity index (χ4v) is 20.8. The van der Waals surface area contributed by atoms with Gasteiger partial charge in [0.05, 0.1) is 35.1 Å². The maximum atomic E-state index is 13.5. The molecule has 12 bridgehead atoms. The van der Waals surface area contributed by atoms with Crippen molar-refractivity contribution in [2.75, 3.05) is 0 Å². The topological polar surface area (TPSA) is 167 Å². The van der Waals surface area contributed by atoms with E-state index in [0.29, 0.717) is 97.2 Å². The monoisotopic (exact) mass is 1310 g/mol. The molecular formula is C70H105F9O12. The molecule has 0 saturated heterocycles. The molecule has 0 aromatic rings. The molecule has 3 N–H and O–H groups in total. The van der Waals surface area contributed by atoms with Gasteiger partial charge in [-0.05, 0) is 253 Å². The molecule has 0 aromatic heterocycles. The summed E-state index contributed by atoms with van der Waals surface area (Å²) in [4.78, 5) is 37.2. The summed E-state index contributed by atoms with van der Waals surface area (Å²) in [5.74, 6) is 1.02. The number of alkyl halides is 9. The van der Waals surface area contributed by atoms with E-state index >= 15 is 0 Å². The Labute approximate surface area is 533 Å². The van der Waals surface area contributed by atoms with E-state index < -0.39 is 105 Å². The summed E-state index contributed by atoms with van der Waals surface area (Å²) in [6.07, 6.45) is 0.641. The molecule has 12 nitrogen and oxygen atoms in total. The number of aliphatic hydroxyl groups is 3. The van der Waals surface area contributed by atoms with E-state index in [4.69, 9.17) is 28.4 Å². The predicted molar refractivity (Wildman–Crippen MR) is 323 cm³/mol. The lowest BCUT2D eigenvalue weighted by Gasteiger charge is -2.66. The molecule has 0 aromatic carbocycles. The van der Waals surface area contributed by atoms with Crippen molar-refractivity contribution in [2.45, 2.75) is 331 Å². The largest absolute Gasteiger partial charge is 0.456 e. The van der Waals surface area contributed by atoms with Crippen LogP contribution in [0.1, 0.15) is 244 Å². The summed E-state index contributed by atoms with van der Waals surface area (Å²) >= 11 is 0. The van der Waals surface area contributed by atoms with E-state index in [1.165, 1.54) is 20.8 Å². The van der Waals surface area contributed by atoms with Gasteiger partial charge < -0.3 is 43.7 Å². The number of hydrogen-bond donors (Lipinski definition) is 3. The van der Waals surface area contributed by atoms with Crippen molar-refractivity contribution in [2.24, 2.45) is 51.8 Å². The summed E-state index contributed by atoms with van der Waals surface area (Å²) in [7, 11) is 0. The van der Waals surface area contributed by atoms with E-state index in [1.807, 2.05) is 27.7 Å². The van der Waals surface area contributed by atoms with Crippen LogP contribution < -0.4 is 0 Å². The van der Waals surface area contributed by atoms with Crippen molar-refractivity contribution < 1.29 is 97.6 Å². The van der Waals surface area contributed by atoms with Crippen molar-refractivity contribution in [3.05, 3.63) is 36.5 Å². The van der Waals surface area contributed by atoms with Gasteiger partial charge in [-0.15, -0.1) is 0 Å². The first-order valence-electron chi connectivity index (χ1n) is 33.5. The Kier molecular flexibility index (Phi) is 19.7. The van der Waals surface area contributed by atoms with Crippen molar-refractivity contribution >= 4 is 17.9 Å². The zero-order valence-electron chi connectivity index (χ0n) is 56.2. The molecule has 0 aliphatic heterocycles. The highest BCUT2D eigenvalue weighted by molar-refractivity contribution is 5.88. The van der Waals surface area contributed by atoms with Crippen molar-refractivity contribution in [3.63, 3.8) is 0 Å². The Bertz CT molecular complexity index is 2600. The van der Waals surface area contributed by atoms with Crippen LogP contribution in [0.15, 0.2) is 36.5 Å². The average Bonchev–Trinajstić information content (AvgIpc) is 1.72. The Balaban J connectivity index is 0.000000176. The van der Waals surface area contributed by atoms with Crippen LogP contribution >= 0.6 is 0 Å². The lowest BCUT2D eigenvalue weighted by Crippen LogP contribution is -2.66. The number of halogens is 9. The molecule has 21 heteroatoms. The summed E-state index contributed by atoms with van der Waals surface area (Å²) < 4.78 is 158. The molecule has 13 saturated carbocycles. The normalized spacial score (nSPS) is 37.3. The van der Waals surface area contributed by atoms with Gasteiger partial charge >= 0.3 is 36.4 Å². The molecule has 12 atom stereocenters.